The Balaban J connectivity index is 1.48. The molecule has 1 aliphatic carbocycles. The molecule has 0 bridgehead atoms. The molecule has 0 saturated heterocycles. The SMILES string of the molecule is CC(C)(C)S(=O)(=O)NC1CCC(CNc2ccc3occc3c2)CC1. The Morgan fingerprint density at radius 3 is 2.52 bits per heavy atom. The van der Waals surface area contributed by atoms with E-state index in [-0.39, 0.29) is 6.04 Å². The molecule has 1 fully saturated rings. The third-order valence-electron chi connectivity index (χ3n) is 5.02. The van der Waals surface area contributed by atoms with Crippen molar-refractivity contribution < 1.29 is 12.8 Å². The van der Waals surface area contributed by atoms with Crippen LogP contribution in [-0.4, -0.2) is 25.8 Å². The molecule has 138 valence electrons. The first-order chi connectivity index (χ1) is 11.7. The largest absolute Gasteiger partial charge is 0.464 e. The monoisotopic (exact) mass is 364 g/mol. The van der Waals surface area contributed by atoms with Crippen LogP contribution < -0.4 is 10.0 Å². The molecule has 0 unspecified atom stereocenters. The van der Waals surface area contributed by atoms with Crippen molar-refractivity contribution in [1.29, 1.82) is 0 Å². The van der Waals surface area contributed by atoms with Crippen LogP contribution in [0.4, 0.5) is 5.69 Å². The number of hydrogen-bond donors (Lipinski definition) is 2. The average molecular weight is 365 g/mol. The zero-order valence-corrected chi connectivity index (χ0v) is 16.0. The maximum absolute atomic E-state index is 12.3. The average Bonchev–Trinajstić information content (AvgIpc) is 3.00. The minimum Gasteiger partial charge on any atom is -0.464 e. The van der Waals surface area contributed by atoms with E-state index in [0.717, 1.165) is 48.9 Å². The fourth-order valence-corrected chi connectivity index (χ4v) is 4.25. The lowest BCUT2D eigenvalue weighted by atomic mass is 9.86. The van der Waals surface area contributed by atoms with E-state index in [1.807, 2.05) is 18.2 Å². The normalized spacial score (nSPS) is 22.2. The molecule has 1 heterocycles. The van der Waals surface area contributed by atoms with Crippen molar-refractivity contribution in [3.63, 3.8) is 0 Å². The Morgan fingerprint density at radius 1 is 1.12 bits per heavy atom. The highest BCUT2D eigenvalue weighted by Crippen LogP contribution is 2.27. The number of nitrogens with one attached hydrogen (secondary N) is 2. The maximum Gasteiger partial charge on any atom is 0.216 e. The number of hydrogen-bond acceptors (Lipinski definition) is 4. The summed E-state index contributed by atoms with van der Waals surface area (Å²) in [6, 6.07) is 8.16. The molecule has 0 amide bonds. The fourth-order valence-electron chi connectivity index (χ4n) is 3.22. The van der Waals surface area contributed by atoms with Crippen LogP contribution in [-0.2, 0) is 10.0 Å². The van der Waals surface area contributed by atoms with Gasteiger partial charge in [0.25, 0.3) is 0 Å². The Labute approximate surface area is 150 Å². The molecular weight excluding hydrogens is 336 g/mol. The van der Waals surface area contributed by atoms with Gasteiger partial charge in [-0.25, -0.2) is 13.1 Å². The summed E-state index contributed by atoms with van der Waals surface area (Å²) in [6.07, 6.45) is 5.59. The standard InChI is InChI=1S/C19H28N2O3S/c1-19(2,3)25(22,23)21-16-6-4-14(5-7-16)13-20-17-8-9-18-15(12-17)10-11-24-18/h8-12,14,16,20-21H,4-7,13H2,1-3H3. The molecule has 1 saturated carbocycles. The third-order valence-corrected chi connectivity index (χ3v) is 7.28. The van der Waals surface area contributed by atoms with Gasteiger partial charge in [-0.1, -0.05) is 0 Å². The van der Waals surface area contributed by atoms with Crippen LogP contribution >= 0.6 is 0 Å². The molecule has 1 aliphatic rings. The lowest BCUT2D eigenvalue weighted by molar-refractivity contribution is 0.322. The van der Waals surface area contributed by atoms with Gasteiger partial charge in [-0.05, 0) is 76.6 Å². The van der Waals surface area contributed by atoms with Crippen LogP contribution in [0.25, 0.3) is 11.0 Å². The van der Waals surface area contributed by atoms with E-state index in [4.69, 9.17) is 4.42 Å². The van der Waals surface area contributed by atoms with Gasteiger partial charge in [-0.3, -0.25) is 0 Å². The van der Waals surface area contributed by atoms with E-state index < -0.39 is 14.8 Å². The molecule has 0 spiro atoms. The van der Waals surface area contributed by atoms with Gasteiger partial charge in [0.2, 0.25) is 10.0 Å². The predicted molar refractivity (Wildman–Crippen MR) is 102 cm³/mol. The van der Waals surface area contributed by atoms with Gasteiger partial charge in [-0.15, -0.1) is 0 Å². The number of anilines is 1. The molecule has 0 atom stereocenters. The van der Waals surface area contributed by atoms with Crippen LogP contribution in [0.2, 0.25) is 0 Å². The third kappa shape index (κ3) is 4.36. The molecule has 2 N–H and O–H groups in total. The van der Waals surface area contributed by atoms with E-state index in [0.29, 0.717) is 5.92 Å². The summed E-state index contributed by atoms with van der Waals surface area (Å²) < 4.78 is 32.0. The van der Waals surface area contributed by atoms with Gasteiger partial charge < -0.3 is 9.73 Å². The maximum atomic E-state index is 12.3. The van der Waals surface area contributed by atoms with Crippen molar-refractivity contribution in [3.8, 4) is 0 Å². The highest BCUT2D eigenvalue weighted by Gasteiger charge is 2.32. The summed E-state index contributed by atoms with van der Waals surface area (Å²) >= 11 is 0. The Morgan fingerprint density at radius 2 is 1.84 bits per heavy atom. The van der Waals surface area contributed by atoms with Crippen molar-refractivity contribution in [2.45, 2.75) is 57.2 Å². The van der Waals surface area contributed by atoms with Crippen molar-refractivity contribution in [2.75, 3.05) is 11.9 Å². The van der Waals surface area contributed by atoms with Gasteiger partial charge in [0.1, 0.15) is 5.58 Å². The van der Waals surface area contributed by atoms with E-state index in [1.165, 1.54) is 0 Å². The van der Waals surface area contributed by atoms with Gasteiger partial charge in [0, 0.05) is 23.7 Å². The molecule has 3 rings (SSSR count). The molecule has 1 aromatic carbocycles. The summed E-state index contributed by atoms with van der Waals surface area (Å²) in [6.45, 7) is 6.13. The number of rotatable bonds is 5. The Bertz CT molecular complexity index is 813. The van der Waals surface area contributed by atoms with Crippen molar-refractivity contribution >= 4 is 26.7 Å². The molecule has 25 heavy (non-hydrogen) atoms. The van der Waals surface area contributed by atoms with Gasteiger partial charge >= 0.3 is 0 Å². The molecule has 2 aromatic rings. The van der Waals surface area contributed by atoms with Crippen molar-refractivity contribution in [3.05, 3.63) is 30.5 Å². The smallest absolute Gasteiger partial charge is 0.216 e. The second kappa shape index (κ2) is 7.00. The van der Waals surface area contributed by atoms with Crippen LogP contribution in [0.1, 0.15) is 46.5 Å². The van der Waals surface area contributed by atoms with E-state index in [1.54, 1.807) is 27.0 Å². The second-order valence-corrected chi connectivity index (χ2v) is 10.5. The van der Waals surface area contributed by atoms with Gasteiger partial charge in [0.05, 0.1) is 11.0 Å². The molecule has 1 aromatic heterocycles. The topological polar surface area (TPSA) is 71.3 Å². The minimum absolute atomic E-state index is 0.0720. The Hall–Kier alpha value is -1.53. The Kier molecular flexibility index (Phi) is 5.11. The first-order valence-corrected chi connectivity index (χ1v) is 10.5. The van der Waals surface area contributed by atoms with Gasteiger partial charge in [-0.2, -0.15) is 0 Å². The molecule has 6 heteroatoms. The first-order valence-electron chi connectivity index (χ1n) is 8.97. The summed E-state index contributed by atoms with van der Waals surface area (Å²) in [5.41, 5.74) is 2.00. The van der Waals surface area contributed by atoms with E-state index in [2.05, 4.69) is 16.1 Å². The summed E-state index contributed by atoms with van der Waals surface area (Å²) in [5, 5.41) is 4.61. The number of sulfonamides is 1. The summed E-state index contributed by atoms with van der Waals surface area (Å²) in [4.78, 5) is 0. The molecular formula is C19H28N2O3S. The summed E-state index contributed by atoms with van der Waals surface area (Å²) in [7, 11) is -3.26. The van der Waals surface area contributed by atoms with Crippen molar-refractivity contribution in [2.24, 2.45) is 5.92 Å². The van der Waals surface area contributed by atoms with E-state index in [9.17, 15) is 8.42 Å². The van der Waals surface area contributed by atoms with Crippen molar-refractivity contribution in [1.82, 2.24) is 4.72 Å². The first kappa shape index (κ1) is 18.3. The fraction of sp³-hybridized carbons (Fsp3) is 0.579. The molecule has 0 aliphatic heterocycles. The van der Waals surface area contributed by atoms with Crippen LogP contribution in [0.15, 0.2) is 34.9 Å². The molecule has 0 radical (unpaired) electrons. The minimum atomic E-state index is -3.26. The zero-order valence-electron chi connectivity index (χ0n) is 15.2. The zero-order chi connectivity index (χ0) is 18.1. The lowest BCUT2D eigenvalue weighted by Gasteiger charge is -2.31. The number of furan rings is 1. The predicted octanol–water partition coefficient (Wildman–Crippen LogP) is 4.12. The van der Waals surface area contributed by atoms with Crippen LogP contribution in [0.5, 0.6) is 0 Å². The van der Waals surface area contributed by atoms with Gasteiger partial charge in [0.15, 0.2) is 0 Å². The number of fused-ring (bicyclic) bond motifs is 1. The second-order valence-electron chi connectivity index (χ2n) is 8.01. The quantitative estimate of drug-likeness (QED) is 0.837. The van der Waals surface area contributed by atoms with Crippen LogP contribution in [0, 0.1) is 5.92 Å². The summed E-state index contributed by atoms with van der Waals surface area (Å²) in [5.74, 6) is 0.579. The number of benzene rings is 1. The highest BCUT2D eigenvalue weighted by atomic mass is 32.2. The lowest BCUT2D eigenvalue weighted by Crippen LogP contribution is -2.46. The molecule has 5 nitrogen and oxygen atoms in total. The van der Waals surface area contributed by atoms with E-state index >= 15 is 0 Å². The van der Waals surface area contributed by atoms with Crippen LogP contribution in [0.3, 0.4) is 0 Å². The highest BCUT2D eigenvalue weighted by molar-refractivity contribution is 7.90.